The lowest BCUT2D eigenvalue weighted by Crippen LogP contribution is -2.43. The Morgan fingerprint density at radius 1 is 1.26 bits per heavy atom. The fourth-order valence-corrected chi connectivity index (χ4v) is 2.14. The van der Waals surface area contributed by atoms with Gasteiger partial charge in [0.05, 0.1) is 12.7 Å². The van der Waals surface area contributed by atoms with Crippen molar-refractivity contribution in [1.29, 1.82) is 0 Å². The number of carbonyl (C=O) groups excluding carboxylic acids is 2. The second-order valence-corrected chi connectivity index (χ2v) is 6.21. The first-order chi connectivity index (χ1) is 10.8. The maximum absolute atomic E-state index is 12.2. The molecule has 2 rings (SSSR count). The number of esters is 2. The number of nitrogens with one attached hydrogen (secondary N) is 1. The van der Waals surface area contributed by atoms with Gasteiger partial charge in [0.25, 0.3) is 0 Å². The average Bonchev–Trinajstić information content (AvgIpc) is 2.53. The molecule has 7 nitrogen and oxygen atoms in total. The maximum Gasteiger partial charge on any atom is 0.341 e. The molecular weight excluding hydrogens is 298 g/mol. The smallest absolute Gasteiger partial charge is 0.341 e. The lowest BCUT2D eigenvalue weighted by atomic mass is 10.0. The minimum Gasteiger partial charge on any atom is -0.465 e. The third-order valence-corrected chi connectivity index (χ3v) is 3.19. The zero-order valence-corrected chi connectivity index (χ0v) is 13.8. The van der Waals surface area contributed by atoms with E-state index in [1.165, 1.54) is 19.5 Å². The SMILES string of the molecule is COC(=O)c1cnc(C2=CCNC(C(=O)OC(C)(C)C)C2)nc1. The van der Waals surface area contributed by atoms with Crippen molar-refractivity contribution >= 4 is 17.5 Å². The van der Waals surface area contributed by atoms with Crippen LogP contribution < -0.4 is 5.32 Å². The van der Waals surface area contributed by atoms with Crippen LogP contribution in [-0.2, 0) is 14.3 Å². The summed E-state index contributed by atoms with van der Waals surface area (Å²) in [7, 11) is 1.30. The van der Waals surface area contributed by atoms with Crippen LogP contribution in [0.4, 0.5) is 0 Å². The van der Waals surface area contributed by atoms with E-state index in [1.54, 1.807) is 0 Å². The molecule has 1 atom stereocenters. The first-order valence-electron chi connectivity index (χ1n) is 7.36. The fraction of sp³-hybridized carbons (Fsp3) is 0.500. The van der Waals surface area contributed by atoms with Crippen LogP contribution >= 0.6 is 0 Å². The molecule has 0 fully saturated rings. The molecule has 7 heteroatoms. The Morgan fingerprint density at radius 2 is 1.91 bits per heavy atom. The van der Waals surface area contributed by atoms with E-state index in [2.05, 4.69) is 20.0 Å². The molecule has 0 spiro atoms. The number of hydrogen-bond acceptors (Lipinski definition) is 7. The van der Waals surface area contributed by atoms with Gasteiger partial charge in [-0.1, -0.05) is 6.08 Å². The third-order valence-electron chi connectivity index (χ3n) is 3.19. The van der Waals surface area contributed by atoms with Crippen LogP contribution in [0, 0.1) is 0 Å². The van der Waals surface area contributed by atoms with E-state index in [0.29, 0.717) is 18.8 Å². The molecule has 0 radical (unpaired) electrons. The minimum absolute atomic E-state index is 0.287. The molecule has 0 bridgehead atoms. The molecule has 1 unspecified atom stereocenters. The number of ether oxygens (including phenoxy) is 2. The number of methoxy groups -OCH3 is 1. The summed E-state index contributed by atoms with van der Waals surface area (Å²) in [4.78, 5) is 31.9. The van der Waals surface area contributed by atoms with Gasteiger partial charge < -0.3 is 14.8 Å². The van der Waals surface area contributed by atoms with Crippen LogP contribution in [0.25, 0.3) is 5.57 Å². The first-order valence-corrected chi connectivity index (χ1v) is 7.36. The van der Waals surface area contributed by atoms with Crippen molar-refractivity contribution in [2.75, 3.05) is 13.7 Å². The van der Waals surface area contributed by atoms with Gasteiger partial charge in [-0.3, -0.25) is 4.79 Å². The van der Waals surface area contributed by atoms with Crippen molar-refractivity contribution in [3.63, 3.8) is 0 Å². The topological polar surface area (TPSA) is 90.4 Å². The highest BCUT2D eigenvalue weighted by atomic mass is 16.6. The Labute approximate surface area is 135 Å². The molecule has 0 saturated heterocycles. The zero-order chi connectivity index (χ0) is 17.0. The van der Waals surface area contributed by atoms with E-state index in [-0.39, 0.29) is 11.5 Å². The number of hydrogen-bond donors (Lipinski definition) is 1. The average molecular weight is 319 g/mol. The lowest BCUT2D eigenvalue weighted by Gasteiger charge is -2.26. The predicted octanol–water partition coefficient (Wildman–Crippen LogP) is 1.35. The minimum atomic E-state index is -0.529. The lowest BCUT2D eigenvalue weighted by molar-refractivity contribution is -0.157. The van der Waals surface area contributed by atoms with Crippen LogP contribution in [0.3, 0.4) is 0 Å². The molecule has 2 heterocycles. The van der Waals surface area contributed by atoms with Crippen LogP contribution in [-0.4, -0.2) is 47.2 Å². The molecule has 1 aliphatic rings. The Kier molecular flexibility index (Phi) is 5.10. The van der Waals surface area contributed by atoms with Crippen molar-refractivity contribution in [3.8, 4) is 0 Å². The molecule has 1 N–H and O–H groups in total. The van der Waals surface area contributed by atoms with Crippen molar-refractivity contribution in [3.05, 3.63) is 29.9 Å². The first kappa shape index (κ1) is 17.1. The van der Waals surface area contributed by atoms with Gasteiger partial charge in [-0.05, 0) is 26.3 Å². The quantitative estimate of drug-likeness (QED) is 0.841. The standard InChI is InChI=1S/C16H21N3O4/c1-16(2,3)23-15(21)12-7-10(5-6-17-12)13-18-8-11(9-19-13)14(20)22-4/h5,8-9,12,17H,6-7H2,1-4H3. The molecule has 23 heavy (non-hydrogen) atoms. The Morgan fingerprint density at radius 3 is 2.48 bits per heavy atom. The predicted molar refractivity (Wildman–Crippen MR) is 83.6 cm³/mol. The maximum atomic E-state index is 12.2. The second-order valence-electron chi connectivity index (χ2n) is 6.21. The Bertz CT molecular complexity index is 617. The van der Waals surface area contributed by atoms with E-state index >= 15 is 0 Å². The summed E-state index contributed by atoms with van der Waals surface area (Å²) in [5.74, 6) is -0.288. The van der Waals surface area contributed by atoms with Gasteiger partial charge >= 0.3 is 11.9 Å². The third kappa shape index (κ3) is 4.59. The summed E-state index contributed by atoms with van der Waals surface area (Å²) in [6.07, 6.45) is 5.19. The van der Waals surface area contributed by atoms with Gasteiger partial charge in [0.1, 0.15) is 11.6 Å². The van der Waals surface area contributed by atoms with Crippen LogP contribution in [0.2, 0.25) is 0 Å². The molecule has 1 aromatic rings. The van der Waals surface area contributed by atoms with Crippen LogP contribution in [0.15, 0.2) is 18.5 Å². The zero-order valence-electron chi connectivity index (χ0n) is 13.8. The van der Waals surface area contributed by atoms with E-state index in [0.717, 1.165) is 5.57 Å². The Balaban J connectivity index is 2.08. The molecule has 0 aliphatic carbocycles. The molecule has 124 valence electrons. The van der Waals surface area contributed by atoms with Crippen LogP contribution in [0.1, 0.15) is 43.4 Å². The van der Waals surface area contributed by atoms with E-state index in [1.807, 2.05) is 26.8 Å². The van der Waals surface area contributed by atoms with Crippen molar-refractivity contribution in [2.24, 2.45) is 0 Å². The summed E-state index contributed by atoms with van der Waals surface area (Å²) >= 11 is 0. The van der Waals surface area contributed by atoms with Gasteiger partial charge in [0, 0.05) is 25.4 Å². The summed E-state index contributed by atoms with van der Waals surface area (Å²) in [5, 5.41) is 3.10. The van der Waals surface area contributed by atoms with Gasteiger partial charge in [-0.25, -0.2) is 14.8 Å². The molecular formula is C16H21N3O4. The van der Waals surface area contributed by atoms with E-state index in [4.69, 9.17) is 4.74 Å². The van der Waals surface area contributed by atoms with E-state index in [9.17, 15) is 9.59 Å². The largest absolute Gasteiger partial charge is 0.465 e. The monoisotopic (exact) mass is 319 g/mol. The number of carbonyl (C=O) groups is 2. The fourth-order valence-electron chi connectivity index (χ4n) is 2.14. The second kappa shape index (κ2) is 6.87. The van der Waals surface area contributed by atoms with Crippen molar-refractivity contribution < 1.29 is 19.1 Å². The molecule has 1 aromatic heterocycles. The van der Waals surface area contributed by atoms with Gasteiger partial charge in [-0.2, -0.15) is 0 Å². The molecule has 0 amide bonds. The van der Waals surface area contributed by atoms with Gasteiger partial charge in [0.15, 0.2) is 5.82 Å². The normalized spacial score (nSPS) is 18.1. The summed E-state index contributed by atoms with van der Waals surface area (Å²) in [6, 6.07) is -0.432. The highest BCUT2D eigenvalue weighted by molar-refractivity contribution is 5.88. The van der Waals surface area contributed by atoms with E-state index < -0.39 is 17.6 Å². The highest BCUT2D eigenvalue weighted by Crippen LogP contribution is 2.21. The number of aromatic nitrogens is 2. The van der Waals surface area contributed by atoms with Crippen molar-refractivity contribution in [1.82, 2.24) is 15.3 Å². The van der Waals surface area contributed by atoms with Crippen molar-refractivity contribution in [2.45, 2.75) is 38.8 Å². The molecule has 0 aromatic carbocycles. The van der Waals surface area contributed by atoms with Gasteiger partial charge in [0.2, 0.25) is 0 Å². The Hall–Kier alpha value is -2.28. The number of rotatable bonds is 3. The molecule has 1 aliphatic heterocycles. The molecule has 0 saturated carbocycles. The van der Waals surface area contributed by atoms with Gasteiger partial charge in [-0.15, -0.1) is 0 Å². The number of nitrogens with zero attached hydrogens (tertiary/aromatic N) is 2. The highest BCUT2D eigenvalue weighted by Gasteiger charge is 2.28. The summed E-state index contributed by atoms with van der Waals surface area (Å²) in [5.41, 5.74) is 0.601. The summed E-state index contributed by atoms with van der Waals surface area (Å²) < 4.78 is 10.0. The van der Waals surface area contributed by atoms with Crippen LogP contribution in [0.5, 0.6) is 0 Å². The summed E-state index contributed by atoms with van der Waals surface area (Å²) in [6.45, 7) is 6.03.